The minimum Gasteiger partial charge on any atom is -0.315 e. The molecule has 1 fully saturated rings. The van der Waals surface area contributed by atoms with Crippen molar-refractivity contribution in [1.29, 1.82) is 0 Å². The second-order valence-electron chi connectivity index (χ2n) is 4.14. The minimum atomic E-state index is -4.79. The van der Waals surface area contributed by atoms with E-state index >= 15 is 0 Å². The molecular formula is C9H15FN4O2S. The molecule has 1 N–H and O–H groups in total. The molecule has 96 valence electrons. The van der Waals surface area contributed by atoms with E-state index in [4.69, 9.17) is 0 Å². The number of nitrogens with one attached hydrogen (secondary N) is 1. The minimum absolute atomic E-state index is 0.134. The molecule has 1 saturated heterocycles. The Morgan fingerprint density at radius 1 is 1.47 bits per heavy atom. The Morgan fingerprint density at radius 3 is 2.65 bits per heavy atom. The van der Waals surface area contributed by atoms with Gasteiger partial charge in [0.15, 0.2) is 0 Å². The van der Waals surface area contributed by atoms with Crippen molar-refractivity contribution in [3.05, 3.63) is 5.82 Å². The molecule has 2 heterocycles. The fraction of sp³-hybridized carbons (Fsp3) is 0.778. The Bertz CT molecular complexity index is 495. The summed E-state index contributed by atoms with van der Waals surface area (Å²) >= 11 is 0. The molecule has 0 aliphatic carbocycles. The molecule has 6 nitrogen and oxygen atoms in total. The molecule has 0 amide bonds. The van der Waals surface area contributed by atoms with Crippen LogP contribution in [0.2, 0.25) is 0 Å². The SMILES string of the molecule is CCCCn1c(C2CNC2)nnc1S(=O)(=O)F. The van der Waals surface area contributed by atoms with E-state index in [1.54, 1.807) is 0 Å². The van der Waals surface area contributed by atoms with Gasteiger partial charge >= 0.3 is 10.2 Å². The van der Waals surface area contributed by atoms with Crippen LogP contribution in [0.15, 0.2) is 5.16 Å². The second-order valence-corrected chi connectivity index (χ2v) is 5.38. The van der Waals surface area contributed by atoms with Crippen LogP contribution in [-0.2, 0) is 16.8 Å². The molecule has 0 bridgehead atoms. The molecule has 8 heteroatoms. The first kappa shape index (κ1) is 12.4. The normalized spacial score (nSPS) is 17.1. The Hall–Kier alpha value is -1.02. The van der Waals surface area contributed by atoms with Crippen LogP contribution in [0.3, 0.4) is 0 Å². The highest BCUT2D eigenvalue weighted by Gasteiger charge is 2.30. The van der Waals surface area contributed by atoms with Gasteiger partial charge in [0.1, 0.15) is 5.82 Å². The zero-order chi connectivity index (χ0) is 12.5. The van der Waals surface area contributed by atoms with E-state index in [0.29, 0.717) is 12.4 Å². The number of hydrogen-bond acceptors (Lipinski definition) is 5. The van der Waals surface area contributed by atoms with Crippen molar-refractivity contribution < 1.29 is 12.3 Å². The summed E-state index contributed by atoms with van der Waals surface area (Å²) in [6.45, 7) is 3.89. The fourth-order valence-corrected chi connectivity index (χ4v) is 2.37. The number of nitrogens with zero attached hydrogens (tertiary/aromatic N) is 3. The number of unbranched alkanes of at least 4 members (excludes halogenated alkanes) is 1. The van der Waals surface area contributed by atoms with Gasteiger partial charge in [-0.05, 0) is 6.42 Å². The van der Waals surface area contributed by atoms with Crippen LogP contribution >= 0.6 is 0 Å². The van der Waals surface area contributed by atoms with E-state index < -0.39 is 15.4 Å². The van der Waals surface area contributed by atoms with Crippen LogP contribution in [0.5, 0.6) is 0 Å². The Kier molecular flexibility index (Phi) is 3.43. The number of aromatic nitrogens is 3. The Morgan fingerprint density at radius 2 is 2.18 bits per heavy atom. The van der Waals surface area contributed by atoms with Crippen molar-refractivity contribution in [3.63, 3.8) is 0 Å². The third kappa shape index (κ3) is 2.47. The topological polar surface area (TPSA) is 76.9 Å². The maximum Gasteiger partial charge on any atom is 0.368 e. The largest absolute Gasteiger partial charge is 0.368 e. The summed E-state index contributed by atoms with van der Waals surface area (Å²) in [6.07, 6.45) is 1.67. The van der Waals surface area contributed by atoms with Gasteiger partial charge in [0, 0.05) is 25.6 Å². The molecule has 1 aliphatic heterocycles. The summed E-state index contributed by atoms with van der Waals surface area (Å²) in [5, 5.41) is 9.78. The number of rotatable bonds is 5. The van der Waals surface area contributed by atoms with E-state index in [1.807, 2.05) is 6.92 Å². The smallest absolute Gasteiger partial charge is 0.315 e. The van der Waals surface area contributed by atoms with E-state index in [0.717, 1.165) is 25.9 Å². The molecule has 1 aromatic heterocycles. The summed E-state index contributed by atoms with van der Waals surface area (Å²) < 4.78 is 36.3. The van der Waals surface area contributed by atoms with Gasteiger partial charge < -0.3 is 5.32 Å². The summed E-state index contributed by atoms with van der Waals surface area (Å²) in [5.41, 5.74) is 0. The monoisotopic (exact) mass is 262 g/mol. The lowest BCUT2D eigenvalue weighted by Gasteiger charge is -2.26. The fourth-order valence-electron chi connectivity index (χ4n) is 1.78. The molecular weight excluding hydrogens is 247 g/mol. The maximum absolute atomic E-state index is 13.0. The highest BCUT2D eigenvalue weighted by molar-refractivity contribution is 7.86. The van der Waals surface area contributed by atoms with Crippen LogP contribution in [0.4, 0.5) is 3.89 Å². The van der Waals surface area contributed by atoms with Crippen molar-refractivity contribution >= 4 is 10.2 Å². The van der Waals surface area contributed by atoms with E-state index in [1.165, 1.54) is 4.57 Å². The molecule has 0 aromatic carbocycles. The van der Waals surface area contributed by atoms with Gasteiger partial charge in [0.05, 0.1) is 0 Å². The van der Waals surface area contributed by atoms with E-state index in [2.05, 4.69) is 15.5 Å². The molecule has 1 aromatic rings. The molecule has 1 aliphatic rings. The van der Waals surface area contributed by atoms with Gasteiger partial charge in [0.25, 0.3) is 5.16 Å². The zero-order valence-corrected chi connectivity index (χ0v) is 10.4. The van der Waals surface area contributed by atoms with Crippen molar-refractivity contribution in [2.24, 2.45) is 0 Å². The third-order valence-corrected chi connectivity index (χ3v) is 3.58. The third-order valence-electron chi connectivity index (χ3n) is 2.85. The molecule has 0 atom stereocenters. The van der Waals surface area contributed by atoms with E-state index in [-0.39, 0.29) is 5.92 Å². The highest BCUT2D eigenvalue weighted by Crippen LogP contribution is 2.22. The van der Waals surface area contributed by atoms with Crippen molar-refractivity contribution in [2.75, 3.05) is 13.1 Å². The average molecular weight is 262 g/mol. The maximum atomic E-state index is 13.0. The zero-order valence-electron chi connectivity index (χ0n) is 9.56. The van der Waals surface area contributed by atoms with Gasteiger partial charge in [-0.1, -0.05) is 17.2 Å². The molecule has 0 unspecified atom stereocenters. The molecule has 0 spiro atoms. The lowest BCUT2D eigenvalue weighted by atomic mass is 10.0. The van der Waals surface area contributed by atoms with E-state index in [9.17, 15) is 12.3 Å². The van der Waals surface area contributed by atoms with Crippen molar-refractivity contribution in [2.45, 2.75) is 37.4 Å². The van der Waals surface area contributed by atoms with Crippen LogP contribution in [0.1, 0.15) is 31.5 Å². The lowest BCUT2D eigenvalue weighted by Crippen LogP contribution is -2.41. The van der Waals surface area contributed by atoms with Crippen molar-refractivity contribution in [1.82, 2.24) is 20.1 Å². The second kappa shape index (κ2) is 4.69. The first-order valence-corrected chi connectivity index (χ1v) is 7.01. The summed E-state index contributed by atoms with van der Waals surface area (Å²) in [6, 6.07) is 0. The number of halogens is 1. The first-order valence-electron chi connectivity index (χ1n) is 5.62. The Labute approximate surface area is 99.4 Å². The standard InChI is InChI=1S/C9H15FN4O2S/c1-2-3-4-14-8(7-5-11-6-7)12-13-9(14)17(10,15)16/h7,11H,2-6H2,1H3. The van der Waals surface area contributed by atoms with Crippen LogP contribution in [-0.4, -0.2) is 36.3 Å². The molecule has 0 radical (unpaired) electrons. The summed E-state index contributed by atoms with van der Waals surface area (Å²) in [7, 11) is -4.79. The van der Waals surface area contributed by atoms with Crippen LogP contribution in [0, 0.1) is 0 Å². The highest BCUT2D eigenvalue weighted by atomic mass is 32.3. The van der Waals surface area contributed by atoms with Crippen molar-refractivity contribution in [3.8, 4) is 0 Å². The van der Waals surface area contributed by atoms with Gasteiger partial charge in [-0.25, -0.2) is 0 Å². The lowest BCUT2D eigenvalue weighted by molar-refractivity contribution is 0.403. The summed E-state index contributed by atoms with van der Waals surface area (Å²) in [5.74, 6) is 0.697. The predicted molar refractivity (Wildman–Crippen MR) is 58.8 cm³/mol. The molecule has 0 saturated carbocycles. The molecule has 17 heavy (non-hydrogen) atoms. The Balaban J connectivity index is 2.35. The number of hydrogen-bond donors (Lipinski definition) is 1. The summed E-state index contributed by atoms with van der Waals surface area (Å²) in [4.78, 5) is 0. The quantitative estimate of drug-likeness (QED) is 0.778. The predicted octanol–water partition coefficient (Wildman–Crippen LogP) is 0.423. The van der Waals surface area contributed by atoms with Crippen LogP contribution in [0.25, 0.3) is 0 Å². The molecule has 2 rings (SSSR count). The van der Waals surface area contributed by atoms with Gasteiger partial charge in [-0.2, -0.15) is 8.42 Å². The van der Waals surface area contributed by atoms with Gasteiger partial charge in [0.2, 0.25) is 0 Å². The average Bonchev–Trinajstić information content (AvgIpc) is 2.55. The van der Waals surface area contributed by atoms with Gasteiger partial charge in [-0.3, -0.25) is 4.57 Å². The van der Waals surface area contributed by atoms with Crippen LogP contribution < -0.4 is 5.32 Å². The first-order chi connectivity index (χ1) is 8.04. The van der Waals surface area contributed by atoms with Gasteiger partial charge in [-0.15, -0.1) is 10.2 Å².